The van der Waals surface area contributed by atoms with Crippen molar-refractivity contribution in [1.82, 2.24) is 4.72 Å². The fraction of sp³-hybridized carbons (Fsp3) is 0.600. The molecule has 0 aromatic heterocycles. The summed E-state index contributed by atoms with van der Waals surface area (Å²) in [4.78, 5) is 0.318. The molecule has 0 spiro atoms. The molecule has 0 radical (unpaired) electrons. The van der Waals surface area contributed by atoms with Crippen molar-refractivity contribution in [3.63, 3.8) is 0 Å². The minimum Gasteiger partial charge on any atom is -0.381 e. The van der Waals surface area contributed by atoms with E-state index in [-0.39, 0.29) is 11.6 Å². The minimum atomic E-state index is -3.45. The molecule has 1 aliphatic carbocycles. The maximum Gasteiger partial charge on any atom is 0.242 e. The number of para-hydroxylation sites is 1. The number of nitrogens with one attached hydrogen (secondary N) is 2. The third-order valence-electron chi connectivity index (χ3n) is 4.03. The standard InChI is InChI=1S/C15H22N2O3S/c1-15(9-4-10-20-15)11-16-13-5-2-3-6-14(13)21(18,19)17-12-7-8-12/h2-3,5-6,12,16-17H,4,7-11H2,1H3. The smallest absolute Gasteiger partial charge is 0.242 e. The van der Waals surface area contributed by atoms with Gasteiger partial charge in [0.15, 0.2) is 0 Å². The molecule has 5 nitrogen and oxygen atoms in total. The van der Waals surface area contributed by atoms with Gasteiger partial charge in [-0.3, -0.25) is 0 Å². The molecule has 1 heterocycles. The number of sulfonamides is 1. The van der Waals surface area contributed by atoms with Crippen LogP contribution in [0.2, 0.25) is 0 Å². The molecular weight excluding hydrogens is 288 g/mol. The summed E-state index contributed by atoms with van der Waals surface area (Å²) in [5, 5.41) is 3.25. The fourth-order valence-electron chi connectivity index (χ4n) is 2.59. The second-order valence-electron chi connectivity index (χ2n) is 6.15. The molecule has 116 valence electrons. The lowest BCUT2D eigenvalue weighted by atomic mass is 10.0. The first-order chi connectivity index (χ1) is 9.99. The van der Waals surface area contributed by atoms with E-state index in [1.807, 2.05) is 6.07 Å². The highest BCUT2D eigenvalue weighted by Crippen LogP contribution is 2.28. The van der Waals surface area contributed by atoms with Gasteiger partial charge in [-0.05, 0) is 44.7 Å². The Labute approximate surface area is 126 Å². The molecule has 3 rings (SSSR count). The molecule has 1 aromatic rings. The molecule has 1 unspecified atom stereocenters. The summed E-state index contributed by atoms with van der Waals surface area (Å²) in [5.41, 5.74) is 0.434. The Morgan fingerprint density at radius 2 is 2.10 bits per heavy atom. The first kappa shape index (κ1) is 14.8. The molecule has 0 bridgehead atoms. The van der Waals surface area contributed by atoms with Crippen molar-refractivity contribution in [2.24, 2.45) is 0 Å². The second kappa shape index (κ2) is 5.59. The van der Waals surface area contributed by atoms with Gasteiger partial charge in [-0.1, -0.05) is 12.1 Å². The quantitative estimate of drug-likeness (QED) is 0.844. The minimum absolute atomic E-state index is 0.110. The van der Waals surface area contributed by atoms with Gasteiger partial charge in [0.1, 0.15) is 4.90 Å². The predicted molar refractivity (Wildman–Crippen MR) is 81.9 cm³/mol. The molecule has 21 heavy (non-hydrogen) atoms. The summed E-state index contributed by atoms with van der Waals surface area (Å²) in [5.74, 6) is 0. The molecular formula is C15H22N2O3S. The normalized spacial score (nSPS) is 26.0. The number of hydrogen-bond donors (Lipinski definition) is 2. The molecule has 1 aliphatic heterocycles. The number of rotatable bonds is 6. The van der Waals surface area contributed by atoms with Crippen LogP contribution in [0.1, 0.15) is 32.6 Å². The van der Waals surface area contributed by atoms with Crippen molar-refractivity contribution in [3.8, 4) is 0 Å². The van der Waals surface area contributed by atoms with Crippen LogP contribution in [0.15, 0.2) is 29.2 Å². The lowest BCUT2D eigenvalue weighted by Gasteiger charge is -2.24. The number of ether oxygens (including phenoxy) is 1. The Hall–Kier alpha value is -1.11. The summed E-state index contributed by atoms with van der Waals surface area (Å²) in [6, 6.07) is 7.15. The molecule has 2 N–H and O–H groups in total. The van der Waals surface area contributed by atoms with E-state index in [1.54, 1.807) is 18.2 Å². The van der Waals surface area contributed by atoms with Gasteiger partial charge in [-0.2, -0.15) is 0 Å². The molecule has 6 heteroatoms. The van der Waals surface area contributed by atoms with E-state index >= 15 is 0 Å². The van der Waals surface area contributed by atoms with Crippen molar-refractivity contribution < 1.29 is 13.2 Å². The van der Waals surface area contributed by atoms with Gasteiger partial charge in [0.05, 0.1) is 11.3 Å². The largest absolute Gasteiger partial charge is 0.381 e. The van der Waals surface area contributed by atoms with Crippen molar-refractivity contribution in [1.29, 1.82) is 0 Å². The van der Waals surface area contributed by atoms with Gasteiger partial charge < -0.3 is 10.1 Å². The lowest BCUT2D eigenvalue weighted by Crippen LogP contribution is -2.33. The third-order valence-corrected chi connectivity index (χ3v) is 5.61. The zero-order chi connectivity index (χ0) is 14.9. The predicted octanol–water partition coefficient (Wildman–Crippen LogP) is 2.11. The molecule has 1 aromatic carbocycles. The fourth-order valence-corrected chi connectivity index (χ4v) is 4.08. The van der Waals surface area contributed by atoms with Crippen molar-refractivity contribution in [2.75, 3.05) is 18.5 Å². The van der Waals surface area contributed by atoms with Crippen molar-refractivity contribution in [3.05, 3.63) is 24.3 Å². The zero-order valence-electron chi connectivity index (χ0n) is 12.3. The summed E-state index contributed by atoms with van der Waals surface area (Å²) >= 11 is 0. The van der Waals surface area contributed by atoms with Crippen LogP contribution in [0.3, 0.4) is 0 Å². The third kappa shape index (κ3) is 3.56. The van der Waals surface area contributed by atoms with Crippen LogP contribution in [0.5, 0.6) is 0 Å². The van der Waals surface area contributed by atoms with Crippen LogP contribution in [0.4, 0.5) is 5.69 Å². The molecule has 1 saturated heterocycles. The Kier molecular flexibility index (Phi) is 3.94. The summed E-state index contributed by atoms with van der Waals surface area (Å²) in [6.45, 7) is 3.46. The van der Waals surface area contributed by atoms with Gasteiger partial charge in [0.2, 0.25) is 10.0 Å². The number of anilines is 1. The van der Waals surface area contributed by atoms with E-state index in [2.05, 4.69) is 17.0 Å². The van der Waals surface area contributed by atoms with E-state index in [0.29, 0.717) is 17.1 Å². The van der Waals surface area contributed by atoms with Gasteiger partial charge in [-0.15, -0.1) is 0 Å². The molecule has 0 amide bonds. The first-order valence-corrected chi connectivity index (χ1v) is 8.96. The van der Waals surface area contributed by atoms with E-state index < -0.39 is 10.0 Å². The van der Waals surface area contributed by atoms with Gasteiger partial charge >= 0.3 is 0 Å². The van der Waals surface area contributed by atoms with E-state index in [9.17, 15) is 8.42 Å². The van der Waals surface area contributed by atoms with Crippen LogP contribution >= 0.6 is 0 Å². The van der Waals surface area contributed by atoms with Gasteiger partial charge in [-0.25, -0.2) is 13.1 Å². The van der Waals surface area contributed by atoms with Crippen LogP contribution in [-0.2, 0) is 14.8 Å². The topological polar surface area (TPSA) is 67.4 Å². The Morgan fingerprint density at radius 1 is 1.33 bits per heavy atom. The van der Waals surface area contributed by atoms with E-state index in [0.717, 1.165) is 32.3 Å². The highest BCUT2D eigenvalue weighted by Gasteiger charge is 2.31. The monoisotopic (exact) mass is 310 g/mol. The maximum atomic E-state index is 12.4. The Morgan fingerprint density at radius 3 is 2.76 bits per heavy atom. The first-order valence-electron chi connectivity index (χ1n) is 7.48. The Bertz CT molecular complexity index is 605. The van der Waals surface area contributed by atoms with Crippen molar-refractivity contribution in [2.45, 2.75) is 49.1 Å². The van der Waals surface area contributed by atoms with E-state index in [4.69, 9.17) is 4.74 Å². The number of benzene rings is 1. The van der Waals surface area contributed by atoms with E-state index in [1.165, 1.54) is 0 Å². The molecule has 1 atom stereocenters. The molecule has 2 fully saturated rings. The van der Waals surface area contributed by atoms with Gasteiger partial charge in [0.25, 0.3) is 0 Å². The summed E-state index contributed by atoms with van der Waals surface area (Å²) in [7, 11) is -3.45. The highest BCUT2D eigenvalue weighted by atomic mass is 32.2. The summed E-state index contributed by atoms with van der Waals surface area (Å²) in [6.07, 6.45) is 3.91. The lowest BCUT2D eigenvalue weighted by molar-refractivity contribution is 0.0315. The second-order valence-corrected chi connectivity index (χ2v) is 7.83. The average Bonchev–Trinajstić information content (AvgIpc) is 3.15. The van der Waals surface area contributed by atoms with Gasteiger partial charge in [0, 0.05) is 19.2 Å². The van der Waals surface area contributed by atoms with Crippen LogP contribution in [0, 0.1) is 0 Å². The SMILES string of the molecule is CC1(CNc2ccccc2S(=O)(=O)NC2CC2)CCCO1. The molecule has 1 saturated carbocycles. The summed E-state index contributed by atoms with van der Waals surface area (Å²) < 4.78 is 33.3. The van der Waals surface area contributed by atoms with Crippen molar-refractivity contribution >= 4 is 15.7 Å². The van der Waals surface area contributed by atoms with Crippen LogP contribution < -0.4 is 10.0 Å². The maximum absolute atomic E-state index is 12.4. The molecule has 2 aliphatic rings. The van der Waals surface area contributed by atoms with Crippen LogP contribution in [0.25, 0.3) is 0 Å². The Balaban J connectivity index is 1.75. The van der Waals surface area contributed by atoms with Crippen LogP contribution in [-0.4, -0.2) is 33.2 Å². The number of hydrogen-bond acceptors (Lipinski definition) is 4. The average molecular weight is 310 g/mol. The highest BCUT2D eigenvalue weighted by molar-refractivity contribution is 7.89. The zero-order valence-corrected chi connectivity index (χ0v) is 13.1.